The van der Waals surface area contributed by atoms with Crippen LogP contribution in [0, 0.1) is 5.92 Å². The third kappa shape index (κ3) is 2.88. The lowest BCUT2D eigenvalue weighted by Gasteiger charge is -2.05. The van der Waals surface area contributed by atoms with Crippen LogP contribution in [0.4, 0.5) is 0 Å². The van der Waals surface area contributed by atoms with E-state index in [0.29, 0.717) is 11.8 Å². The summed E-state index contributed by atoms with van der Waals surface area (Å²) >= 11 is 5.82. The molecule has 1 aromatic heterocycles. The molecule has 0 saturated heterocycles. The number of nitrogens with zero attached hydrogens (tertiary/aromatic N) is 2. The number of halogens is 1. The molecule has 0 N–H and O–H groups in total. The monoisotopic (exact) mass is 198 g/mol. The van der Waals surface area contributed by atoms with E-state index in [1.807, 2.05) is 19.4 Å². The van der Waals surface area contributed by atoms with E-state index in [1.54, 1.807) is 4.68 Å². The first-order valence-electron chi connectivity index (χ1n) is 4.38. The number of allylic oxidation sites excluding steroid dienone is 1. The Morgan fingerprint density at radius 2 is 2.38 bits per heavy atom. The van der Waals surface area contributed by atoms with Gasteiger partial charge in [-0.3, -0.25) is 4.68 Å². The first-order valence-corrected chi connectivity index (χ1v) is 4.92. The minimum atomic E-state index is 0.498. The van der Waals surface area contributed by atoms with Gasteiger partial charge in [0, 0.05) is 24.7 Å². The van der Waals surface area contributed by atoms with Gasteiger partial charge in [-0.25, -0.2) is 0 Å². The predicted molar refractivity (Wildman–Crippen MR) is 56.7 cm³/mol. The molecule has 1 aromatic rings. The molecule has 0 amide bonds. The second-order valence-electron chi connectivity index (χ2n) is 3.45. The van der Waals surface area contributed by atoms with Crippen molar-refractivity contribution in [3.05, 3.63) is 23.5 Å². The van der Waals surface area contributed by atoms with Crippen LogP contribution in [0.2, 0.25) is 0 Å². The summed E-state index contributed by atoms with van der Waals surface area (Å²) in [6.07, 6.45) is 5.93. The molecule has 0 unspecified atom stereocenters. The van der Waals surface area contributed by atoms with Gasteiger partial charge in [0.05, 0.1) is 6.20 Å². The van der Waals surface area contributed by atoms with Crippen molar-refractivity contribution in [1.29, 1.82) is 0 Å². The Kier molecular flexibility index (Phi) is 3.55. The number of aromatic nitrogens is 2. The van der Waals surface area contributed by atoms with Crippen LogP contribution in [-0.4, -0.2) is 15.7 Å². The summed E-state index contributed by atoms with van der Waals surface area (Å²) < 4.78 is 1.79. The lowest BCUT2D eigenvalue weighted by molar-refractivity contribution is 0.767. The molecule has 0 bridgehead atoms. The highest BCUT2D eigenvalue weighted by molar-refractivity contribution is 6.19. The van der Waals surface area contributed by atoms with E-state index < -0.39 is 0 Å². The van der Waals surface area contributed by atoms with Gasteiger partial charge in [0.1, 0.15) is 0 Å². The number of hydrogen-bond donors (Lipinski definition) is 0. The van der Waals surface area contributed by atoms with Crippen LogP contribution < -0.4 is 0 Å². The molecule has 72 valence electrons. The van der Waals surface area contributed by atoms with Crippen molar-refractivity contribution in [3.8, 4) is 0 Å². The third-order valence-corrected chi connectivity index (χ3v) is 2.28. The van der Waals surface area contributed by atoms with Gasteiger partial charge >= 0.3 is 0 Å². The zero-order valence-electron chi connectivity index (χ0n) is 8.29. The predicted octanol–water partition coefficient (Wildman–Crippen LogP) is 2.70. The van der Waals surface area contributed by atoms with E-state index in [1.165, 1.54) is 5.57 Å². The molecule has 2 nitrogen and oxygen atoms in total. The summed E-state index contributed by atoms with van der Waals surface area (Å²) in [5.74, 6) is 1.09. The lowest BCUT2D eigenvalue weighted by atomic mass is 10.0. The SMILES string of the molecule is CC(C)C(=Cc1cnn(C)c1)CCl. The Hall–Kier alpha value is -0.760. The zero-order valence-corrected chi connectivity index (χ0v) is 9.04. The van der Waals surface area contributed by atoms with Crippen molar-refractivity contribution in [2.45, 2.75) is 13.8 Å². The van der Waals surface area contributed by atoms with Crippen LogP contribution in [-0.2, 0) is 7.05 Å². The van der Waals surface area contributed by atoms with E-state index in [-0.39, 0.29) is 0 Å². The van der Waals surface area contributed by atoms with Crippen molar-refractivity contribution >= 4 is 17.7 Å². The van der Waals surface area contributed by atoms with Gasteiger partial charge in [0.2, 0.25) is 0 Å². The molecule has 1 rings (SSSR count). The van der Waals surface area contributed by atoms with Crippen LogP contribution in [0.3, 0.4) is 0 Å². The van der Waals surface area contributed by atoms with Crippen molar-refractivity contribution in [3.63, 3.8) is 0 Å². The lowest BCUT2D eigenvalue weighted by Crippen LogP contribution is -1.94. The molecular weight excluding hydrogens is 184 g/mol. The second kappa shape index (κ2) is 4.47. The molecule has 0 aliphatic heterocycles. The molecule has 0 aliphatic rings. The molecule has 3 heteroatoms. The maximum absolute atomic E-state index is 5.82. The normalized spacial score (nSPS) is 12.5. The summed E-state index contributed by atoms with van der Waals surface area (Å²) in [7, 11) is 1.91. The fourth-order valence-electron chi connectivity index (χ4n) is 1.09. The maximum Gasteiger partial charge on any atom is 0.0562 e. The van der Waals surface area contributed by atoms with Gasteiger partial charge in [0.15, 0.2) is 0 Å². The van der Waals surface area contributed by atoms with Gasteiger partial charge in [-0.15, -0.1) is 11.6 Å². The first kappa shape index (κ1) is 10.3. The molecule has 1 heterocycles. The van der Waals surface area contributed by atoms with Crippen molar-refractivity contribution in [2.24, 2.45) is 13.0 Å². The summed E-state index contributed by atoms with van der Waals surface area (Å²) in [6, 6.07) is 0. The highest BCUT2D eigenvalue weighted by Crippen LogP contribution is 2.15. The van der Waals surface area contributed by atoms with Crippen molar-refractivity contribution in [2.75, 3.05) is 5.88 Å². The van der Waals surface area contributed by atoms with Gasteiger partial charge in [0.25, 0.3) is 0 Å². The van der Waals surface area contributed by atoms with Gasteiger partial charge in [-0.2, -0.15) is 5.10 Å². The minimum absolute atomic E-state index is 0.498. The molecule has 0 fully saturated rings. The first-order chi connectivity index (χ1) is 6.13. The van der Waals surface area contributed by atoms with Crippen LogP contribution in [0.1, 0.15) is 19.4 Å². The quantitative estimate of drug-likeness (QED) is 0.683. The second-order valence-corrected chi connectivity index (χ2v) is 3.72. The highest BCUT2D eigenvalue weighted by Gasteiger charge is 2.02. The molecule has 0 radical (unpaired) electrons. The van der Waals surface area contributed by atoms with Crippen molar-refractivity contribution < 1.29 is 0 Å². The molecule has 0 saturated carbocycles. The number of hydrogen-bond acceptors (Lipinski definition) is 1. The third-order valence-electron chi connectivity index (χ3n) is 1.97. The molecule has 0 atom stereocenters. The molecule has 0 spiro atoms. The maximum atomic E-state index is 5.82. The smallest absolute Gasteiger partial charge is 0.0562 e. The van der Waals surface area contributed by atoms with Gasteiger partial charge < -0.3 is 0 Å². The van der Waals surface area contributed by atoms with E-state index >= 15 is 0 Å². The fraction of sp³-hybridized carbons (Fsp3) is 0.500. The largest absolute Gasteiger partial charge is 0.275 e. The van der Waals surface area contributed by atoms with E-state index in [2.05, 4.69) is 25.0 Å². The van der Waals surface area contributed by atoms with E-state index in [4.69, 9.17) is 11.6 Å². The number of rotatable bonds is 3. The highest BCUT2D eigenvalue weighted by atomic mass is 35.5. The average molecular weight is 199 g/mol. The topological polar surface area (TPSA) is 17.8 Å². The number of aryl methyl sites for hydroxylation is 1. The molecule has 0 aromatic carbocycles. The molecular formula is C10H15ClN2. The molecule has 0 aliphatic carbocycles. The standard InChI is InChI=1S/C10H15ClN2/c1-8(2)10(5-11)4-9-6-12-13(3)7-9/h4,6-8H,5H2,1-3H3. The van der Waals surface area contributed by atoms with Crippen LogP contribution in [0.5, 0.6) is 0 Å². The van der Waals surface area contributed by atoms with E-state index in [0.717, 1.165) is 5.56 Å². The van der Waals surface area contributed by atoms with E-state index in [9.17, 15) is 0 Å². The summed E-state index contributed by atoms with van der Waals surface area (Å²) in [4.78, 5) is 0. The van der Waals surface area contributed by atoms with Crippen molar-refractivity contribution in [1.82, 2.24) is 9.78 Å². The average Bonchev–Trinajstić information content (AvgIpc) is 2.46. The Balaban J connectivity index is 2.84. The number of alkyl halides is 1. The fourth-order valence-corrected chi connectivity index (χ4v) is 1.47. The van der Waals surface area contributed by atoms with Gasteiger partial charge in [-0.05, 0) is 5.92 Å². The minimum Gasteiger partial charge on any atom is -0.275 e. The van der Waals surface area contributed by atoms with Crippen LogP contribution in [0.25, 0.3) is 6.08 Å². The van der Waals surface area contributed by atoms with Crippen LogP contribution in [0.15, 0.2) is 18.0 Å². The Labute approximate surface area is 84.2 Å². The van der Waals surface area contributed by atoms with Gasteiger partial charge in [-0.1, -0.05) is 25.5 Å². The zero-order chi connectivity index (χ0) is 9.84. The Morgan fingerprint density at radius 1 is 1.69 bits per heavy atom. The summed E-state index contributed by atoms with van der Waals surface area (Å²) in [5, 5.41) is 4.09. The Bertz CT molecular complexity index is 300. The summed E-state index contributed by atoms with van der Waals surface area (Å²) in [6.45, 7) is 4.29. The summed E-state index contributed by atoms with van der Waals surface area (Å²) in [5.41, 5.74) is 2.36. The van der Waals surface area contributed by atoms with Crippen LogP contribution >= 0.6 is 11.6 Å². The molecule has 13 heavy (non-hydrogen) atoms. The Morgan fingerprint density at radius 3 is 2.77 bits per heavy atom.